The van der Waals surface area contributed by atoms with Gasteiger partial charge in [-0.15, -0.1) is 0 Å². The molecule has 3 rings (SSSR count). The highest BCUT2D eigenvalue weighted by atomic mass is 16.2. The van der Waals surface area contributed by atoms with Crippen LogP contribution in [-0.4, -0.2) is 18.4 Å². The quantitative estimate of drug-likeness (QED) is 0.914. The van der Waals surface area contributed by atoms with Gasteiger partial charge in [-0.2, -0.15) is 0 Å². The molecule has 4 nitrogen and oxygen atoms in total. The molecule has 130 valence electrons. The molecular weight excluding hydrogens is 312 g/mol. The molecule has 0 bridgehead atoms. The Kier molecular flexibility index (Phi) is 4.88. The zero-order valence-corrected chi connectivity index (χ0v) is 15.0. The monoisotopic (exact) mass is 336 g/mol. The first kappa shape index (κ1) is 17.2. The van der Waals surface area contributed by atoms with Gasteiger partial charge in [-0.3, -0.25) is 9.59 Å². The lowest BCUT2D eigenvalue weighted by atomic mass is 9.99. The minimum Gasteiger partial charge on any atom is -0.322 e. The number of hydrogen-bond donors (Lipinski definition) is 1. The lowest BCUT2D eigenvalue weighted by Gasteiger charge is -2.31. The third-order valence-electron chi connectivity index (χ3n) is 4.61. The molecule has 1 N–H and O–H groups in total. The van der Waals surface area contributed by atoms with Crippen molar-refractivity contribution in [3.63, 3.8) is 0 Å². The molecule has 0 atom stereocenters. The summed E-state index contributed by atoms with van der Waals surface area (Å²) < 4.78 is 0. The van der Waals surface area contributed by atoms with E-state index in [1.807, 2.05) is 68.1 Å². The van der Waals surface area contributed by atoms with E-state index >= 15 is 0 Å². The van der Waals surface area contributed by atoms with E-state index in [1.54, 1.807) is 0 Å². The zero-order chi connectivity index (χ0) is 18.0. The summed E-state index contributed by atoms with van der Waals surface area (Å²) in [6.07, 6.45) is 1.87. The lowest BCUT2D eigenvalue weighted by molar-refractivity contribution is -0.121. The predicted molar refractivity (Wildman–Crippen MR) is 101 cm³/mol. The predicted octanol–water partition coefficient (Wildman–Crippen LogP) is 4.18. The Labute approximate surface area is 148 Å². The highest BCUT2D eigenvalue weighted by Crippen LogP contribution is 2.31. The zero-order valence-electron chi connectivity index (χ0n) is 15.0. The van der Waals surface area contributed by atoms with Crippen LogP contribution in [0.2, 0.25) is 0 Å². The van der Waals surface area contributed by atoms with Crippen LogP contribution in [0.1, 0.15) is 41.8 Å². The summed E-state index contributed by atoms with van der Waals surface area (Å²) in [4.78, 5) is 26.8. The van der Waals surface area contributed by atoms with E-state index in [2.05, 4.69) is 5.32 Å². The molecule has 0 aromatic heterocycles. The van der Waals surface area contributed by atoms with E-state index in [1.165, 1.54) is 0 Å². The van der Waals surface area contributed by atoms with Crippen LogP contribution in [-0.2, 0) is 11.2 Å². The first-order chi connectivity index (χ1) is 12.0. The number of nitrogens with zero attached hydrogens (tertiary/aromatic N) is 1. The molecule has 2 aromatic rings. The molecule has 2 aromatic carbocycles. The summed E-state index contributed by atoms with van der Waals surface area (Å²) >= 11 is 0. The normalized spacial score (nSPS) is 13.5. The van der Waals surface area contributed by atoms with E-state index in [-0.39, 0.29) is 17.7 Å². The molecule has 1 aliphatic heterocycles. The topological polar surface area (TPSA) is 49.4 Å². The van der Waals surface area contributed by atoms with Crippen molar-refractivity contribution in [3.05, 3.63) is 59.2 Å². The number of rotatable bonds is 3. The van der Waals surface area contributed by atoms with Crippen molar-refractivity contribution in [2.45, 2.75) is 33.6 Å². The summed E-state index contributed by atoms with van der Waals surface area (Å²) in [5, 5.41) is 2.97. The van der Waals surface area contributed by atoms with Gasteiger partial charge in [0.05, 0.1) is 0 Å². The fraction of sp³-hybridized carbons (Fsp3) is 0.333. The van der Waals surface area contributed by atoms with Gasteiger partial charge in [-0.25, -0.2) is 0 Å². The van der Waals surface area contributed by atoms with E-state index in [0.717, 1.165) is 41.9 Å². The van der Waals surface area contributed by atoms with Gasteiger partial charge in [0.2, 0.25) is 5.91 Å². The maximum atomic E-state index is 12.5. The summed E-state index contributed by atoms with van der Waals surface area (Å²) in [6, 6.07) is 13.4. The summed E-state index contributed by atoms with van der Waals surface area (Å²) in [6.45, 7) is 6.54. The number of nitrogens with one attached hydrogen (secondary N) is 1. The van der Waals surface area contributed by atoms with Crippen LogP contribution in [0.15, 0.2) is 42.5 Å². The van der Waals surface area contributed by atoms with Crippen LogP contribution in [0.4, 0.5) is 11.4 Å². The van der Waals surface area contributed by atoms with Gasteiger partial charge in [-0.05, 0) is 55.2 Å². The van der Waals surface area contributed by atoms with Gasteiger partial charge >= 0.3 is 0 Å². The van der Waals surface area contributed by atoms with Gasteiger partial charge < -0.3 is 10.2 Å². The second-order valence-electron chi connectivity index (χ2n) is 6.86. The van der Waals surface area contributed by atoms with Crippen molar-refractivity contribution < 1.29 is 9.59 Å². The number of benzene rings is 2. The highest BCUT2D eigenvalue weighted by molar-refractivity contribution is 6.05. The lowest BCUT2D eigenvalue weighted by Crippen LogP contribution is -2.38. The van der Waals surface area contributed by atoms with Crippen LogP contribution >= 0.6 is 0 Å². The van der Waals surface area contributed by atoms with Crippen LogP contribution in [0, 0.1) is 12.8 Å². The maximum Gasteiger partial charge on any atom is 0.255 e. The van der Waals surface area contributed by atoms with E-state index in [0.29, 0.717) is 5.56 Å². The van der Waals surface area contributed by atoms with E-state index in [9.17, 15) is 9.59 Å². The van der Waals surface area contributed by atoms with Crippen molar-refractivity contribution in [2.75, 3.05) is 16.8 Å². The number of fused-ring (bicyclic) bond motifs is 1. The molecular formula is C21H24N2O2. The molecule has 1 aliphatic rings. The average molecular weight is 336 g/mol. The summed E-state index contributed by atoms with van der Waals surface area (Å²) in [5.41, 5.74) is 4.48. The van der Waals surface area contributed by atoms with Gasteiger partial charge in [0.25, 0.3) is 5.91 Å². The molecule has 1 heterocycles. The van der Waals surface area contributed by atoms with Crippen molar-refractivity contribution in [1.29, 1.82) is 0 Å². The van der Waals surface area contributed by atoms with Gasteiger partial charge in [0.15, 0.2) is 0 Å². The second-order valence-corrected chi connectivity index (χ2v) is 6.86. The summed E-state index contributed by atoms with van der Waals surface area (Å²) in [5.74, 6) is 0.0213. The molecule has 0 spiro atoms. The standard InChI is InChI=1S/C21H24N2O2/c1-14(2)21(25)23-12-6-8-16-13-17(10-11-19(16)23)22-20(24)18-9-5-4-7-15(18)3/h4-5,7,9-11,13-14H,6,8,12H2,1-3H3,(H,22,24). The third-order valence-corrected chi connectivity index (χ3v) is 4.61. The van der Waals surface area contributed by atoms with Gasteiger partial charge in [-0.1, -0.05) is 32.0 Å². The van der Waals surface area contributed by atoms with Crippen molar-refractivity contribution in [2.24, 2.45) is 5.92 Å². The number of anilines is 2. The summed E-state index contributed by atoms with van der Waals surface area (Å²) in [7, 11) is 0. The molecule has 0 aliphatic carbocycles. The first-order valence-electron chi connectivity index (χ1n) is 8.78. The average Bonchev–Trinajstić information content (AvgIpc) is 2.60. The fourth-order valence-corrected chi connectivity index (χ4v) is 3.24. The van der Waals surface area contributed by atoms with Crippen LogP contribution < -0.4 is 10.2 Å². The fourth-order valence-electron chi connectivity index (χ4n) is 3.24. The Hall–Kier alpha value is -2.62. The molecule has 0 radical (unpaired) electrons. The number of hydrogen-bond acceptors (Lipinski definition) is 2. The first-order valence-corrected chi connectivity index (χ1v) is 8.78. The van der Waals surface area contributed by atoms with E-state index < -0.39 is 0 Å². The molecule has 0 fully saturated rings. The van der Waals surface area contributed by atoms with Crippen LogP contribution in [0.5, 0.6) is 0 Å². The van der Waals surface area contributed by atoms with E-state index in [4.69, 9.17) is 0 Å². The minimum absolute atomic E-state index is 0.0219. The SMILES string of the molecule is Cc1ccccc1C(=O)Nc1ccc2c(c1)CCCN2C(=O)C(C)C. The smallest absolute Gasteiger partial charge is 0.255 e. The maximum absolute atomic E-state index is 12.5. The number of amides is 2. The van der Waals surface area contributed by atoms with Crippen LogP contribution in [0.3, 0.4) is 0 Å². The van der Waals surface area contributed by atoms with Gasteiger partial charge in [0.1, 0.15) is 0 Å². The largest absolute Gasteiger partial charge is 0.322 e. The van der Waals surface area contributed by atoms with Crippen molar-refractivity contribution >= 4 is 23.2 Å². The Morgan fingerprint density at radius 1 is 1.12 bits per heavy atom. The molecule has 0 saturated carbocycles. The molecule has 4 heteroatoms. The van der Waals surface area contributed by atoms with Gasteiger partial charge in [0, 0.05) is 29.4 Å². The number of carbonyl (C=O) groups excluding carboxylic acids is 2. The molecule has 2 amide bonds. The number of carbonyl (C=O) groups is 2. The van der Waals surface area contributed by atoms with Crippen LogP contribution in [0.25, 0.3) is 0 Å². The third kappa shape index (κ3) is 3.58. The Balaban J connectivity index is 1.83. The second kappa shape index (κ2) is 7.09. The minimum atomic E-state index is -0.107. The highest BCUT2D eigenvalue weighted by Gasteiger charge is 2.24. The Morgan fingerprint density at radius 2 is 1.88 bits per heavy atom. The van der Waals surface area contributed by atoms with Crippen molar-refractivity contribution in [1.82, 2.24) is 0 Å². The number of aryl methyl sites for hydroxylation is 2. The molecule has 0 saturated heterocycles. The Bertz CT molecular complexity index is 811. The Morgan fingerprint density at radius 3 is 2.60 bits per heavy atom. The molecule has 25 heavy (non-hydrogen) atoms. The molecule has 0 unspecified atom stereocenters. The van der Waals surface area contributed by atoms with Crippen molar-refractivity contribution in [3.8, 4) is 0 Å².